The Morgan fingerprint density at radius 2 is 1.76 bits per heavy atom. The van der Waals surface area contributed by atoms with Gasteiger partial charge in [-0.25, -0.2) is 0 Å². The predicted molar refractivity (Wildman–Crippen MR) is 125 cm³/mol. The predicted octanol–water partition coefficient (Wildman–Crippen LogP) is 3.02. The number of hydrogen-bond donors (Lipinski definition) is 1. The van der Waals surface area contributed by atoms with Crippen molar-refractivity contribution < 1.29 is 23.7 Å². The van der Waals surface area contributed by atoms with Gasteiger partial charge >= 0.3 is 0 Å². The van der Waals surface area contributed by atoms with Gasteiger partial charge in [-0.05, 0) is 43.3 Å². The van der Waals surface area contributed by atoms with Crippen LogP contribution in [0.4, 0.5) is 0 Å². The molecule has 0 bridgehead atoms. The Morgan fingerprint density at radius 1 is 0.941 bits per heavy atom. The van der Waals surface area contributed by atoms with Gasteiger partial charge in [-0.1, -0.05) is 12.1 Å². The molecule has 0 saturated heterocycles. The number of methoxy groups -OCH3 is 2. The van der Waals surface area contributed by atoms with E-state index in [1.807, 2.05) is 19.1 Å². The molecule has 1 N–H and O–H groups in total. The molecule has 0 unspecified atom stereocenters. The summed E-state index contributed by atoms with van der Waals surface area (Å²) < 4.78 is 23.5. The number of hydrogen-bond acceptors (Lipinski definition) is 8. The average Bonchev–Trinajstić information content (AvgIpc) is 3.30. The second-order valence-corrected chi connectivity index (χ2v) is 7.07. The van der Waals surface area contributed by atoms with E-state index in [0.717, 1.165) is 5.56 Å². The molecular weight excluding hydrogens is 438 g/mol. The highest BCUT2D eigenvalue weighted by Crippen LogP contribution is 2.31. The largest absolute Gasteiger partial charge is 0.493 e. The van der Waals surface area contributed by atoms with E-state index in [1.165, 1.54) is 0 Å². The maximum atomic E-state index is 12.5. The fourth-order valence-electron chi connectivity index (χ4n) is 3.36. The lowest BCUT2D eigenvalue weighted by Crippen LogP contribution is -2.28. The first-order chi connectivity index (χ1) is 16.6. The number of aromatic nitrogens is 4. The maximum absolute atomic E-state index is 12.5. The molecule has 2 aromatic carbocycles. The molecule has 4 rings (SSSR count). The van der Waals surface area contributed by atoms with E-state index in [-0.39, 0.29) is 12.5 Å². The molecule has 2 heterocycles. The van der Waals surface area contributed by atoms with Crippen LogP contribution in [0.2, 0.25) is 0 Å². The van der Waals surface area contributed by atoms with Crippen LogP contribution in [0.5, 0.6) is 23.1 Å². The first kappa shape index (κ1) is 22.8. The number of amides is 1. The highest BCUT2D eigenvalue weighted by molar-refractivity contribution is 5.96. The normalized spacial score (nSPS) is 10.7. The lowest BCUT2D eigenvalue weighted by atomic mass is 10.2. The molecule has 0 radical (unpaired) electrons. The Hall–Kier alpha value is -4.34. The zero-order chi connectivity index (χ0) is 23.9. The Kier molecular flexibility index (Phi) is 7.07. The quantitative estimate of drug-likeness (QED) is 0.358. The topological polar surface area (TPSA) is 109 Å². The van der Waals surface area contributed by atoms with Crippen molar-refractivity contribution in [1.82, 2.24) is 25.1 Å². The van der Waals surface area contributed by atoms with Gasteiger partial charge in [0.1, 0.15) is 12.4 Å². The first-order valence-electron chi connectivity index (χ1n) is 10.7. The third-order valence-corrected chi connectivity index (χ3v) is 4.95. The molecule has 10 nitrogen and oxygen atoms in total. The molecule has 176 valence electrons. The molecular formula is C24H25N5O5. The zero-order valence-electron chi connectivity index (χ0n) is 19.1. The van der Waals surface area contributed by atoms with Gasteiger partial charge in [0, 0.05) is 11.6 Å². The Labute approximate surface area is 196 Å². The maximum Gasteiger partial charge on any atom is 0.255 e. The third kappa shape index (κ3) is 4.85. The molecule has 0 saturated carbocycles. The number of benzene rings is 2. The highest BCUT2D eigenvalue weighted by atomic mass is 16.5. The summed E-state index contributed by atoms with van der Waals surface area (Å²) in [6.45, 7) is 2.88. The van der Waals surface area contributed by atoms with Crippen LogP contribution >= 0.6 is 0 Å². The molecule has 2 aromatic heterocycles. The highest BCUT2D eigenvalue weighted by Gasteiger charge is 2.14. The summed E-state index contributed by atoms with van der Waals surface area (Å²) in [5, 5.41) is 15.7. The van der Waals surface area contributed by atoms with Crippen LogP contribution in [0.3, 0.4) is 0 Å². The minimum atomic E-state index is -0.231. The summed E-state index contributed by atoms with van der Waals surface area (Å²) in [6, 6.07) is 16.0. The average molecular weight is 463 g/mol. The Balaban J connectivity index is 1.43. The Morgan fingerprint density at radius 3 is 2.56 bits per heavy atom. The van der Waals surface area contributed by atoms with E-state index in [9.17, 15) is 4.79 Å². The second-order valence-electron chi connectivity index (χ2n) is 7.07. The van der Waals surface area contributed by atoms with Crippen LogP contribution in [0.25, 0.3) is 17.0 Å². The van der Waals surface area contributed by atoms with E-state index in [0.29, 0.717) is 53.3 Å². The lowest BCUT2D eigenvalue weighted by molar-refractivity contribution is 0.0942. The number of ether oxygens (including phenoxy) is 4. The zero-order valence-corrected chi connectivity index (χ0v) is 19.1. The van der Waals surface area contributed by atoms with E-state index < -0.39 is 0 Å². The van der Waals surface area contributed by atoms with Crippen molar-refractivity contribution >= 4 is 11.6 Å². The summed E-state index contributed by atoms with van der Waals surface area (Å²) in [6.07, 6.45) is 0. The second kappa shape index (κ2) is 10.5. The van der Waals surface area contributed by atoms with Gasteiger partial charge in [0.25, 0.3) is 5.91 Å². The molecule has 0 spiro atoms. The summed E-state index contributed by atoms with van der Waals surface area (Å²) in [7, 11) is 3.15. The van der Waals surface area contributed by atoms with Crippen molar-refractivity contribution in [3.63, 3.8) is 0 Å². The SMILES string of the molecule is CCOc1ccccc1C(=O)NCCOc1ccc2nnc(-c3ccc(OC)c(OC)c3)n2n1. The van der Waals surface area contributed by atoms with E-state index in [2.05, 4.69) is 20.6 Å². The van der Waals surface area contributed by atoms with E-state index >= 15 is 0 Å². The Bertz CT molecular complexity index is 1290. The fourth-order valence-corrected chi connectivity index (χ4v) is 3.36. The van der Waals surface area contributed by atoms with Gasteiger partial charge in [0.15, 0.2) is 23.0 Å². The summed E-state index contributed by atoms with van der Waals surface area (Å²) in [4.78, 5) is 12.5. The molecule has 0 aliphatic heterocycles. The number of nitrogens with one attached hydrogen (secondary N) is 1. The van der Waals surface area contributed by atoms with Crippen LogP contribution in [0, 0.1) is 0 Å². The van der Waals surface area contributed by atoms with Gasteiger partial charge < -0.3 is 24.3 Å². The lowest BCUT2D eigenvalue weighted by Gasteiger charge is -2.11. The van der Waals surface area contributed by atoms with E-state index in [4.69, 9.17) is 18.9 Å². The van der Waals surface area contributed by atoms with Gasteiger partial charge in [-0.3, -0.25) is 4.79 Å². The molecule has 0 fully saturated rings. The third-order valence-electron chi connectivity index (χ3n) is 4.95. The van der Waals surface area contributed by atoms with Gasteiger partial charge in [-0.15, -0.1) is 15.3 Å². The smallest absolute Gasteiger partial charge is 0.255 e. The van der Waals surface area contributed by atoms with Crippen molar-refractivity contribution in [2.75, 3.05) is 34.0 Å². The summed E-state index contributed by atoms with van der Waals surface area (Å²) >= 11 is 0. The van der Waals surface area contributed by atoms with Crippen LogP contribution in [-0.2, 0) is 0 Å². The van der Waals surface area contributed by atoms with Crippen molar-refractivity contribution in [2.24, 2.45) is 0 Å². The van der Waals surface area contributed by atoms with Crippen molar-refractivity contribution in [3.05, 3.63) is 60.2 Å². The molecule has 34 heavy (non-hydrogen) atoms. The van der Waals surface area contributed by atoms with Gasteiger partial charge in [0.05, 0.1) is 32.9 Å². The van der Waals surface area contributed by atoms with Crippen LogP contribution in [0.15, 0.2) is 54.6 Å². The van der Waals surface area contributed by atoms with Crippen LogP contribution < -0.4 is 24.3 Å². The van der Waals surface area contributed by atoms with E-state index in [1.54, 1.807) is 61.2 Å². The van der Waals surface area contributed by atoms with Crippen molar-refractivity contribution in [2.45, 2.75) is 6.92 Å². The molecule has 0 atom stereocenters. The first-order valence-corrected chi connectivity index (χ1v) is 10.7. The number of fused-ring (bicyclic) bond motifs is 1. The van der Waals surface area contributed by atoms with Crippen molar-refractivity contribution in [1.29, 1.82) is 0 Å². The fraction of sp³-hybridized carbons (Fsp3) is 0.250. The number of para-hydroxylation sites is 1. The minimum absolute atomic E-state index is 0.231. The summed E-state index contributed by atoms with van der Waals surface area (Å²) in [5.74, 6) is 2.41. The van der Waals surface area contributed by atoms with Crippen LogP contribution in [0.1, 0.15) is 17.3 Å². The minimum Gasteiger partial charge on any atom is -0.493 e. The molecule has 0 aliphatic carbocycles. The molecule has 0 aliphatic rings. The monoisotopic (exact) mass is 463 g/mol. The van der Waals surface area contributed by atoms with Gasteiger partial charge in [-0.2, -0.15) is 4.52 Å². The molecule has 1 amide bonds. The summed E-state index contributed by atoms with van der Waals surface area (Å²) in [5.41, 5.74) is 1.81. The number of carbonyl (C=O) groups excluding carboxylic acids is 1. The molecule has 4 aromatic rings. The standard InChI is InChI=1S/C24H25N5O5/c1-4-33-18-8-6-5-7-17(18)24(30)25-13-14-34-22-12-11-21-26-27-23(29(21)28-22)16-9-10-19(31-2)20(15-16)32-3/h5-12,15H,4,13-14H2,1-3H3,(H,25,30). The number of rotatable bonds is 10. The van der Waals surface area contributed by atoms with Gasteiger partial charge in [0.2, 0.25) is 5.88 Å². The molecule has 10 heteroatoms. The van der Waals surface area contributed by atoms with Crippen LogP contribution in [-0.4, -0.2) is 59.7 Å². The number of carbonyl (C=O) groups is 1. The van der Waals surface area contributed by atoms with Crippen molar-refractivity contribution in [3.8, 4) is 34.5 Å². The number of nitrogens with zero attached hydrogens (tertiary/aromatic N) is 4.